The van der Waals surface area contributed by atoms with Gasteiger partial charge in [0, 0.05) is 12.8 Å². The van der Waals surface area contributed by atoms with Crippen LogP contribution in [0.5, 0.6) is 0 Å². The fourth-order valence-electron chi connectivity index (χ4n) is 3.66. The van der Waals surface area contributed by atoms with Gasteiger partial charge in [-0.15, -0.1) is 0 Å². The predicted octanol–water partition coefficient (Wildman–Crippen LogP) is 4.91. The molecule has 2 unspecified atom stereocenters. The molecule has 0 bridgehead atoms. The second-order valence-electron chi connectivity index (χ2n) is 7.67. The number of rotatable bonds is 8. The third-order valence-electron chi connectivity index (χ3n) is 5.27. The Morgan fingerprint density at radius 3 is 2.13 bits per heavy atom. The zero-order valence-corrected chi connectivity index (χ0v) is 17.3. The maximum absolute atomic E-state index is 12.5. The molecule has 1 aliphatic rings. The summed E-state index contributed by atoms with van der Waals surface area (Å²) in [5.41, 5.74) is 4.24. The number of benzene rings is 3. The first kappa shape index (κ1) is 20.7. The number of ether oxygens (including phenoxy) is 1. The molecule has 0 fully saturated rings. The van der Waals surface area contributed by atoms with Crippen molar-refractivity contribution in [1.82, 2.24) is 5.32 Å². The average Bonchev–Trinajstić information content (AvgIpc) is 3.28. The minimum absolute atomic E-state index is 0.228. The normalized spacial score (nSPS) is 16.1. The number of nitrogens with one attached hydrogen (secondary N) is 1. The molecule has 31 heavy (non-hydrogen) atoms. The van der Waals surface area contributed by atoms with Crippen molar-refractivity contribution in [1.29, 1.82) is 0 Å². The smallest absolute Gasteiger partial charge is 0.407 e. The molecule has 1 aliphatic heterocycles. The van der Waals surface area contributed by atoms with Crippen LogP contribution >= 0.6 is 0 Å². The van der Waals surface area contributed by atoms with E-state index in [4.69, 9.17) is 9.57 Å². The molecular formula is C26H26N2O3. The molecule has 4 rings (SSSR count). The number of carbonyl (C=O) groups excluding carboxylic acids is 1. The first-order chi connectivity index (χ1) is 15.3. The third kappa shape index (κ3) is 6.19. The van der Waals surface area contributed by atoms with Gasteiger partial charge in [0.25, 0.3) is 0 Å². The van der Waals surface area contributed by atoms with Gasteiger partial charge < -0.3 is 14.9 Å². The Balaban J connectivity index is 1.38. The van der Waals surface area contributed by atoms with Gasteiger partial charge in [-0.3, -0.25) is 0 Å². The van der Waals surface area contributed by atoms with Crippen molar-refractivity contribution in [3.8, 4) is 0 Å². The van der Waals surface area contributed by atoms with Crippen LogP contribution < -0.4 is 5.32 Å². The lowest BCUT2D eigenvalue weighted by Crippen LogP contribution is -2.45. The van der Waals surface area contributed by atoms with Crippen molar-refractivity contribution in [3.63, 3.8) is 0 Å². The zero-order chi connectivity index (χ0) is 21.3. The van der Waals surface area contributed by atoms with E-state index in [1.54, 1.807) is 0 Å². The Kier molecular flexibility index (Phi) is 6.96. The van der Waals surface area contributed by atoms with Crippen LogP contribution in [-0.4, -0.2) is 24.0 Å². The first-order valence-corrected chi connectivity index (χ1v) is 10.5. The largest absolute Gasteiger partial charge is 0.445 e. The van der Waals surface area contributed by atoms with E-state index in [0.717, 1.165) is 23.3 Å². The van der Waals surface area contributed by atoms with E-state index in [0.29, 0.717) is 12.8 Å². The summed E-state index contributed by atoms with van der Waals surface area (Å²) in [5.74, 6) is 0. The van der Waals surface area contributed by atoms with Gasteiger partial charge >= 0.3 is 6.09 Å². The van der Waals surface area contributed by atoms with Gasteiger partial charge in [-0.2, -0.15) is 0 Å². The zero-order valence-electron chi connectivity index (χ0n) is 17.3. The highest BCUT2D eigenvalue weighted by Gasteiger charge is 2.31. The fourth-order valence-corrected chi connectivity index (χ4v) is 3.66. The molecule has 0 spiro atoms. The lowest BCUT2D eigenvalue weighted by molar-refractivity contribution is 0.0509. The SMILES string of the molecule is O=C(NC(Cc1ccccc1)C1CC(Cc2ccccc2)=NO1)OCc1ccccc1. The highest BCUT2D eigenvalue weighted by molar-refractivity contribution is 5.87. The molecule has 0 saturated carbocycles. The topological polar surface area (TPSA) is 59.9 Å². The third-order valence-corrected chi connectivity index (χ3v) is 5.27. The van der Waals surface area contributed by atoms with Crippen LogP contribution in [0.1, 0.15) is 23.1 Å². The van der Waals surface area contributed by atoms with Crippen LogP contribution in [0.15, 0.2) is 96.2 Å². The molecule has 0 radical (unpaired) electrons. The Morgan fingerprint density at radius 2 is 1.48 bits per heavy atom. The van der Waals surface area contributed by atoms with Gasteiger partial charge in [-0.05, 0) is 23.1 Å². The van der Waals surface area contributed by atoms with Crippen LogP contribution in [0.2, 0.25) is 0 Å². The molecule has 1 amide bonds. The predicted molar refractivity (Wildman–Crippen MR) is 121 cm³/mol. The fraction of sp³-hybridized carbons (Fsp3) is 0.231. The summed E-state index contributed by atoms with van der Waals surface area (Å²) in [6.07, 6.45) is 1.37. The van der Waals surface area contributed by atoms with Crippen LogP contribution in [-0.2, 0) is 29.0 Å². The van der Waals surface area contributed by atoms with Crippen LogP contribution in [0.25, 0.3) is 0 Å². The van der Waals surface area contributed by atoms with Crippen LogP contribution in [0.4, 0.5) is 4.79 Å². The number of hydrogen-bond acceptors (Lipinski definition) is 4. The van der Waals surface area contributed by atoms with Crippen molar-refractivity contribution in [2.45, 2.75) is 38.0 Å². The van der Waals surface area contributed by atoms with Gasteiger partial charge in [-0.25, -0.2) is 4.79 Å². The van der Waals surface area contributed by atoms with Crippen molar-refractivity contribution in [2.75, 3.05) is 0 Å². The molecule has 158 valence electrons. The summed E-state index contributed by atoms with van der Waals surface area (Å²) in [4.78, 5) is 18.3. The Bertz CT molecular complexity index is 991. The van der Waals surface area contributed by atoms with E-state index in [-0.39, 0.29) is 18.8 Å². The van der Waals surface area contributed by atoms with Crippen LogP contribution in [0, 0.1) is 0 Å². The highest BCUT2D eigenvalue weighted by atomic mass is 16.6. The summed E-state index contributed by atoms with van der Waals surface area (Å²) in [7, 11) is 0. The molecule has 1 heterocycles. The van der Waals surface area contributed by atoms with Crippen molar-refractivity contribution >= 4 is 11.8 Å². The van der Waals surface area contributed by atoms with Crippen molar-refractivity contribution < 1.29 is 14.4 Å². The van der Waals surface area contributed by atoms with Crippen molar-refractivity contribution in [3.05, 3.63) is 108 Å². The number of hydrogen-bond donors (Lipinski definition) is 1. The summed E-state index contributed by atoms with van der Waals surface area (Å²) in [5, 5.41) is 7.30. The molecule has 2 atom stereocenters. The molecule has 5 heteroatoms. The van der Waals surface area contributed by atoms with Gasteiger partial charge in [0.2, 0.25) is 0 Å². The van der Waals surface area contributed by atoms with Gasteiger partial charge in [0.15, 0.2) is 6.10 Å². The molecule has 5 nitrogen and oxygen atoms in total. The molecule has 1 N–H and O–H groups in total. The minimum atomic E-state index is -0.454. The van der Waals surface area contributed by atoms with Crippen molar-refractivity contribution in [2.24, 2.45) is 5.16 Å². The van der Waals surface area contributed by atoms with Crippen LogP contribution in [0.3, 0.4) is 0 Å². The van der Waals surface area contributed by atoms with Gasteiger partial charge in [-0.1, -0.05) is 96.2 Å². The lowest BCUT2D eigenvalue weighted by Gasteiger charge is -2.23. The highest BCUT2D eigenvalue weighted by Crippen LogP contribution is 2.20. The number of alkyl carbamates (subject to hydrolysis) is 1. The monoisotopic (exact) mass is 414 g/mol. The molecule has 0 aromatic heterocycles. The minimum Gasteiger partial charge on any atom is -0.445 e. The summed E-state index contributed by atoms with van der Waals surface area (Å²) in [6, 6.07) is 29.6. The number of amides is 1. The van der Waals surface area contributed by atoms with E-state index in [9.17, 15) is 4.79 Å². The van der Waals surface area contributed by atoms with E-state index in [1.165, 1.54) is 5.56 Å². The number of carbonyl (C=O) groups is 1. The molecule has 0 aliphatic carbocycles. The van der Waals surface area contributed by atoms with E-state index in [2.05, 4.69) is 22.6 Å². The lowest BCUT2D eigenvalue weighted by atomic mass is 9.96. The van der Waals surface area contributed by atoms with E-state index >= 15 is 0 Å². The first-order valence-electron chi connectivity index (χ1n) is 10.5. The van der Waals surface area contributed by atoms with E-state index < -0.39 is 6.09 Å². The second-order valence-corrected chi connectivity index (χ2v) is 7.67. The molecular weight excluding hydrogens is 388 g/mol. The summed E-state index contributed by atoms with van der Waals surface area (Å²) < 4.78 is 5.44. The average molecular weight is 415 g/mol. The molecule has 3 aromatic rings. The van der Waals surface area contributed by atoms with Gasteiger partial charge in [0.05, 0.1) is 11.8 Å². The summed E-state index contributed by atoms with van der Waals surface area (Å²) in [6.45, 7) is 0.228. The summed E-state index contributed by atoms with van der Waals surface area (Å²) >= 11 is 0. The second kappa shape index (κ2) is 10.4. The Morgan fingerprint density at radius 1 is 0.903 bits per heavy atom. The maximum Gasteiger partial charge on any atom is 0.407 e. The van der Waals surface area contributed by atoms with E-state index in [1.807, 2.05) is 78.9 Å². The molecule has 3 aromatic carbocycles. The quantitative estimate of drug-likeness (QED) is 0.570. The molecule has 0 saturated heterocycles. The maximum atomic E-state index is 12.5. The Hall–Kier alpha value is -3.60. The standard InChI is InChI=1S/C26H26N2O3/c29-26(30-19-22-14-8-3-9-15-22)27-24(17-21-12-6-2-7-13-21)25-18-23(28-31-25)16-20-10-4-1-5-11-20/h1-15,24-25H,16-19H2,(H,27,29). The number of oxime groups is 1. The Labute approximate surface area is 182 Å². The number of nitrogens with zero attached hydrogens (tertiary/aromatic N) is 1. The van der Waals surface area contributed by atoms with Gasteiger partial charge in [0.1, 0.15) is 6.61 Å².